The van der Waals surface area contributed by atoms with Crippen LogP contribution in [0.25, 0.3) is 0 Å². The van der Waals surface area contributed by atoms with Crippen molar-refractivity contribution in [1.82, 2.24) is 5.32 Å². The summed E-state index contributed by atoms with van der Waals surface area (Å²) >= 11 is 0. The standard InChI is InChI=1S/C16H26N2O3/c1-12(13-4-6-14(20-2)7-5-13)8-9-18-16(19)10-15(11-17)21-3/h4-7,12,15H,8-11,17H2,1-3H3,(H,18,19). The summed E-state index contributed by atoms with van der Waals surface area (Å²) in [7, 11) is 3.22. The van der Waals surface area contributed by atoms with Gasteiger partial charge in [0, 0.05) is 20.2 Å². The van der Waals surface area contributed by atoms with Crippen molar-refractivity contribution in [2.75, 3.05) is 27.3 Å². The molecule has 0 aromatic heterocycles. The number of carbonyl (C=O) groups is 1. The Morgan fingerprint density at radius 2 is 1.95 bits per heavy atom. The van der Waals surface area contributed by atoms with E-state index in [1.54, 1.807) is 14.2 Å². The molecular weight excluding hydrogens is 268 g/mol. The number of carbonyl (C=O) groups excluding carboxylic acids is 1. The van der Waals surface area contributed by atoms with Crippen molar-refractivity contribution >= 4 is 5.91 Å². The topological polar surface area (TPSA) is 73.6 Å². The molecule has 0 fully saturated rings. The van der Waals surface area contributed by atoms with Gasteiger partial charge in [0.05, 0.1) is 19.6 Å². The van der Waals surface area contributed by atoms with Gasteiger partial charge in [0.15, 0.2) is 0 Å². The molecule has 5 nitrogen and oxygen atoms in total. The summed E-state index contributed by atoms with van der Waals surface area (Å²) in [4.78, 5) is 11.7. The van der Waals surface area contributed by atoms with Crippen molar-refractivity contribution < 1.29 is 14.3 Å². The maximum absolute atomic E-state index is 11.7. The van der Waals surface area contributed by atoms with Crippen LogP contribution >= 0.6 is 0 Å². The van der Waals surface area contributed by atoms with Crippen LogP contribution in [0, 0.1) is 0 Å². The molecule has 2 unspecified atom stereocenters. The molecule has 0 spiro atoms. The van der Waals surface area contributed by atoms with Gasteiger partial charge in [-0.3, -0.25) is 4.79 Å². The molecule has 0 saturated carbocycles. The SMILES string of the molecule is COc1ccc(C(C)CCNC(=O)CC(CN)OC)cc1. The number of hydrogen-bond acceptors (Lipinski definition) is 4. The molecule has 118 valence electrons. The zero-order chi connectivity index (χ0) is 15.7. The number of methoxy groups -OCH3 is 2. The van der Waals surface area contributed by atoms with Crippen molar-refractivity contribution in [2.24, 2.45) is 5.73 Å². The van der Waals surface area contributed by atoms with Gasteiger partial charge in [-0.05, 0) is 30.0 Å². The zero-order valence-corrected chi connectivity index (χ0v) is 13.1. The Kier molecular flexibility index (Phi) is 7.79. The fraction of sp³-hybridized carbons (Fsp3) is 0.562. The first kappa shape index (κ1) is 17.5. The van der Waals surface area contributed by atoms with E-state index in [0.29, 0.717) is 25.4 Å². The van der Waals surface area contributed by atoms with E-state index in [1.807, 2.05) is 12.1 Å². The van der Waals surface area contributed by atoms with Crippen LogP contribution in [0.4, 0.5) is 0 Å². The van der Waals surface area contributed by atoms with Crippen molar-refractivity contribution in [3.63, 3.8) is 0 Å². The van der Waals surface area contributed by atoms with E-state index in [9.17, 15) is 4.79 Å². The van der Waals surface area contributed by atoms with E-state index >= 15 is 0 Å². The lowest BCUT2D eigenvalue weighted by atomic mass is 9.98. The molecule has 1 aromatic carbocycles. The first-order chi connectivity index (χ1) is 10.1. The lowest BCUT2D eigenvalue weighted by molar-refractivity contribution is -0.123. The fourth-order valence-corrected chi connectivity index (χ4v) is 2.07. The van der Waals surface area contributed by atoms with Crippen LogP contribution in [0.15, 0.2) is 24.3 Å². The van der Waals surface area contributed by atoms with Gasteiger partial charge >= 0.3 is 0 Å². The molecular formula is C16H26N2O3. The van der Waals surface area contributed by atoms with Gasteiger partial charge in [0.25, 0.3) is 0 Å². The minimum atomic E-state index is -0.205. The van der Waals surface area contributed by atoms with Crippen LogP contribution in [-0.4, -0.2) is 39.3 Å². The fourth-order valence-electron chi connectivity index (χ4n) is 2.07. The highest BCUT2D eigenvalue weighted by Crippen LogP contribution is 2.21. The van der Waals surface area contributed by atoms with Crippen LogP contribution in [-0.2, 0) is 9.53 Å². The molecule has 0 bridgehead atoms. The number of rotatable bonds is 9. The summed E-state index contributed by atoms with van der Waals surface area (Å²) in [5, 5.41) is 2.91. The monoisotopic (exact) mass is 294 g/mol. The summed E-state index contributed by atoms with van der Waals surface area (Å²) in [6.07, 6.45) is 0.992. The van der Waals surface area contributed by atoms with Crippen molar-refractivity contribution in [2.45, 2.75) is 31.8 Å². The Morgan fingerprint density at radius 3 is 2.48 bits per heavy atom. The van der Waals surface area contributed by atoms with Crippen LogP contribution < -0.4 is 15.8 Å². The Morgan fingerprint density at radius 1 is 1.29 bits per heavy atom. The van der Waals surface area contributed by atoms with Gasteiger partial charge in [-0.15, -0.1) is 0 Å². The molecule has 0 aliphatic carbocycles. The second-order valence-electron chi connectivity index (χ2n) is 5.11. The average molecular weight is 294 g/mol. The van der Waals surface area contributed by atoms with Crippen molar-refractivity contribution in [1.29, 1.82) is 0 Å². The third-order valence-corrected chi connectivity index (χ3v) is 3.59. The van der Waals surface area contributed by atoms with E-state index in [-0.39, 0.29) is 12.0 Å². The first-order valence-electron chi connectivity index (χ1n) is 7.24. The van der Waals surface area contributed by atoms with Crippen LogP contribution in [0.3, 0.4) is 0 Å². The predicted octanol–water partition coefficient (Wildman–Crippen LogP) is 1.67. The van der Waals surface area contributed by atoms with Gasteiger partial charge in [-0.2, -0.15) is 0 Å². The number of ether oxygens (including phenoxy) is 2. The van der Waals surface area contributed by atoms with E-state index in [4.69, 9.17) is 15.2 Å². The molecule has 0 aliphatic rings. The summed E-state index contributed by atoms with van der Waals surface area (Å²) in [6.45, 7) is 3.14. The third kappa shape index (κ3) is 6.14. The Bertz CT molecular complexity index is 416. The molecule has 0 radical (unpaired) electrons. The smallest absolute Gasteiger partial charge is 0.222 e. The van der Waals surface area contributed by atoms with Crippen molar-refractivity contribution in [3.8, 4) is 5.75 Å². The molecule has 0 aliphatic heterocycles. The number of nitrogens with two attached hydrogens (primary N) is 1. The average Bonchev–Trinajstić information content (AvgIpc) is 2.52. The largest absolute Gasteiger partial charge is 0.497 e. The van der Waals surface area contributed by atoms with E-state index in [0.717, 1.165) is 12.2 Å². The minimum Gasteiger partial charge on any atom is -0.497 e. The van der Waals surface area contributed by atoms with Gasteiger partial charge < -0.3 is 20.5 Å². The number of nitrogens with one attached hydrogen (secondary N) is 1. The quantitative estimate of drug-likeness (QED) is 0.726. The highest BCUT2D eigenvalue weighted by molar-refractivity contribution is 5.76. The lowest BCUT2D eigenvalue weighted by Gasteiger charge is -2.15. The van der Waals surface area contributed by atoms with Gasteiger partial charge in [0.1, 0.15) is 5.75 Å². The van der Waals surface area contributed by atoms with Gasteiger partial charge in [-0.1, -0.05) is 19.1 Å². The van der Waals surface area contributed by atoms with Gasteiger partial charge in [-0.25, -0.2) is 0 Å². The molecule has 1 rings (SSSR count). The lowest BCUT2D eigenvalue weighted by Crippen LogP contribution is -2.32. The van der Waals surface area contributed by atoms with Crippen LogP contribution in [0.2, 0.25) is 0 Å². The molecule has 1 aromatic rings. The second kappa shape index (κ2) is 9.37. The van der Waals surface area contributed by atoms with Gasteiger partial charge in [0.2, 0.25) is 5.91 Å². The summed E-state index contributed by atoms with van der Waals surface area (Å²) in [5.41, 5.74) is 6.73. The summed E-state index contributed by atoms with van der Waals surface area (Å²) in [5.74, 6) is 1.21. The first-order valence-corrected chi connectivity index (χ1v) is 7.24. The Balaban J connectivity index is 2.32. The third-order valence-electron chi connectivity index (χ3n) is 3.59. The molecule has 5 heteroatoms. The van der Waals surface area contributed by atoms with E-state index in [2.05, 4.69) is 24.4 Å². The number of benzene rings is 1. The molecule has 0 heterocycles. The maximum Gasteiger partial charge on any atom is 0.222 e. The molecule has 2 atom stereocenters. The molecule has 0 saturated heterocycles. The van der Waals surface area contributed by atoms with Crippen molar-refractivity contribution in [3.05, 3.63) is 29.8 Å². The van der Waals surface area contributed by atoms with Crippen LogP contribution in [0.1, 0.15) is 31.2 Å². The second-order valence-corrected chi connectivity index (χ2v) is 5.11. The Labute approximate surface area is 126 Å². The molecule has 3 N–H and O–H groups in total. The number of amides is 1. The molecule has 1 amide bonds. The van der Waals surface area contributed by atoms with E-state index < -0.39 is 0 Å². The minimum absolute atomic E-state index is 0.0192. The number of hydrogen-bond donors (Lipinski definition) is 2. The van der Waals surface area contributed by atoms with Crippen LogP contribution in [0.5, 0.6) is 5.75 Å². The zero-order valence-electron chi connectivity index (χ0n) is 13.1. The normalized spacial score (nSPS) is 13.5. The Hall–Kier alpha value is -1.59. The summed E-state index contributed by atoms with van der Waals surface area (Å²) < 4.78 is 10.2. The highest BCUT2D eigenvalue weighted by atomic mass is 16.5. The van der Waals surface area contributed by atoms with E-state index in [1.165, 1.54) is 5.56 Å². The highest BCUT2D eigenvalue weighted by Gasteiger charge is 2.11. The maximum atomic E-state index is 11.7. The predicted molar refractivity (Wildman–Crippen MR) is 83.5 cm³/mol. The molecule has 21 heavy (non-hydrogen) atoms. The summed E-state index contributed by atoms with van der Waals surface area (Å²) in [6, 6.07) is 8.02.